The first-order valence-corrected chi connectivity index (χ1v) is 10.0. The van der Waals surface area contributed by atoms with Gasteiger partial charge in [0.05, 0.1) is 7.11 Å². The summed E-state index contributed by atoms with van der Waals surface area (Å²) in [6, 6.07) is 15.9. The minimum Gasteiger partial charge on any atom is -0.497 e. The predicted octanol–water partition coefficient (Wildman–Crippen LogP) is 3.59. The third-order valence-electron chi connectivity index (χ3n) is 4.55. The van der Waals surface area contributed by atoms with Crippen molar-refractivity contribution < 1.29 is 13.4 Å². The van der Waals surface area contributed by atoms with Crippen molar-refractivity contribution in [3.63, 3.8) is 0 Å². The van der Waals surface area contributed by atoms with Crippen molar-refractivity contribution in [2.45, 2.75) is 0 Å². The standard InChI is InChI=1S/C20H20N2O3S/c1-24-18-8-4-16(5-9-18)20-21-19(14-25-20)15-2-6-17(7-3-15)22-10-12-26(23)13-11-22/h2-9,14H,10-13H2,1H3. The molecule has 1 aromatic heterocycles. The molecule has 0 N–H and O–H groups in total. The molecule has 0 bridgehead atoms. The Balaban J connectivity index is 1.51. The Bertz CT molecular complexity index is 894. The fourth-order valence-electron chi connectivity index (χ4n) is 3.01. The molecule has 26 heavy (non-hydrogen) atoms. The lowest BCUT2D eigenvalue weighted by Gasteiger charge is -2.28. The van der Waals surface area contributed by atoms with Gasteiger partial charge in [0.15, 0.2) is 0 Å². The average molecular weight is 368 g/mol. The lowest BCUT2D eigenvalue weighted by molar-refractivity contribution is 0.415. The van der Waals surface area contributed by atoms with E-state index >= 15 is 0 Å². The van der Waals surface area contributed by atoms with E-state index in [0.29, 0.717) is 5.89 Å². The second-order valence-corrected chi connectivity index (χ2v) is 7.84. The SMILES string of the molecule is COc1ccc(-c2nc(-c3ccc(N4CCS(=O)CC4)cc3)co2)cc1. The van der Waals surface area contributed by atoms with Crippen LogP contribution in [0.4, 0.5) is 5.69 Å². The summed E-state index contributed by atoms with van der Waals surface area (Å²) in [5.41, 5.74) is 3.89. The van der Waals surface area contributed by atoms with Crippen LogP contribution < -0.4 is 9.64 Å². The van der Waals surface area contributed by atoms with Gasteiger partial charge in [0.2, 0.25) is 5.89 Å². The number of methoxy groups -OCH3 is 1. The van der Waals surface area contributed by atoms with E-state index in [1.807, 2.05) is 24.3 Å². The third kappa shape index (κ3) is 3.51. The summed E-state index contributed by atoms with van der Waals surface area (Å²) < 4.78 is 22.3. The zero-order chi connectivity index (χ0) is 17.9. The van der Waals surface area contributed by atoms with Gasteiger partial charge in [0, 0.05) is 52.2 Å². The Labute approximate surface area is 155 Å². The molecule has 2 aromatic carbocycles. The molecule has 0 saturated carbocycles. The minimum absolute atomic E-state index is 0.588. The zero-order valence-electron chi connectivity index (χ0n) is 14.6. The first-order valence-electron chi connectivity index (χ1n) is 8.53. The van der Waals surface area contributed by atoms with Crippen molar-refractivity contribution in [3.8, 4) is 28.5 Å². The number of nitrogens with zero attached hydrogens (tertiary/aromatic N) is 2. The molecule has 0 unspecified atom stereocenters. The number of oxazole rings is 1. The number of ether oxygens (including phenoxy) is 1. The molecule has 5 nitrogen and oxygen atoms in total. The molecule has 134 valence electrons. The van der Waals surface area contributed by atoms with Crippen molar-refractivity contribution in [1.82, 2.24) is 4.98 Å². The Hall–Kier alpha value is -2.60. The van der Waals surface area contributed by atoms with Gasteiger partial charge in [0.1, 0.15) is 17.7 Å². The topological polar surface area (TPSA) is 55.6 Å². The van der Waals surface area contributed by atoms with Crippen LogP contribution in [0.5, 0.6) is 5.75 Å². The van der Waals surface area contributed by atoms with Gasteiger partial charge in [-0.3, -0.25) is 4.21 Å². The minimum atomic E-state index is -0.658. The van der Waals surface area contributed by atoms with Gasteiger partial charge in [0.25, 0.3) is 0 Å². The summed E-state index contributed by atoms with van der Waals surface area (Å²) >= 11 is 0. The molecule has 1 aliphatic heterocycles. The molecule has 0 radical (unpaired) electrons. The van der Waals surface area contributed by atoms with Gasteiger partial charge in [-0.25, -0.2) is 4.98 Å². The van der Waals surface area contributed by atoms with Gasteiger partial charge in [-0.15, -0.1) is 0 Å². The van der Waals surface area contributed by atoms with Crippen LogP contribution in [0.3, 0.4) is 0 Å². The zero-order valence-corrected chi connectivity index (χ0v) is 15.4. The average Bonchev–Trinajstić information content (AvgIpc) is 3.19. The largest absolute Gasteiger partial charge is 0.497 e. The molecule has 2 heterocycles. The molecule has 0 aliphatic carbocycles. The first-order chi connectivity index (χ1) is 12.7. The molecule has 1 saturated heterocycles. The van der Waals surface area contributed by atoms with E-state index in [2.05, 4.69) is 34.1 Å². The van der Waals surface area contributed by atoms with Crippen molar-refractivity contribution in [1.29, 1.82) is 0 Å². The maximum atomic E-state index is 11.5. The smallest absolute Gasteiger partial charge is 0.226 e. The monoisotopic (exact) mass is 368 g/mol. The number of hydrogen-bond donors (Lipinski definition) is 0. The first kappa shape index (κ1) is 16.8. The van der Waals surface area contributed by atoms with Gasteiger partial charge >= 0.3 is 0 Å². The van der Waals surface area contributed by atoms with E-state index in [9.17, 15) is 4.21 Å². The van der Waals surface area contributed by atoms with Crippen LogP contribution in [0.1, 0.15) is 0 Å². The molecule has 0 amide bonds. The van der Waals surface area contributed by atoms with Crippen LogP contribution in [-0.4, -0.2) is 40.9 Å². The second kappa shape index (κ2) is 7.33. The van der Waals surface area contributed by atoms with Crippen LogP contribution in [0.15, 0.2) is 59.2 Å². The summed E-state index contributed by atoms with van der Waals surface area (Å²) in [7, 11) is 0.986. The highest BCUT2D eigenvalue weighted by Gasteiger charge is 2.16. The molecule has 3 aromatic rings. The number of hydrogen-bond acceptors (Lipinski definition) is 5. The lowest BCUT2D eigenvalue weighted by atomic mass is 10.1. The molecule has 1 fully saturated rings. The number of aromatic nitrogens is 1. The molecule has 1 aliphatic rings. The van der Waals surface area contributed by atoms with Crippen LogP contribution in [0, 0.1) is 0 Å². The van der Waals surface area contributed by atoms with Gasteiger partial charge in [-0.2, -0.15) is 0 Å². The van der Waals surface area contributed by atoms with Crippen molar-refractivity contribution in [3.05, 3.63) is 54.8 Å². The molecular weight excluding hydrogens is 348 g/mol. The third-order valence-corrected chi connectivity index (χ3v) is 5.82. The molecular formula is C20H20N2O3S. The molecule has 6 heteroatoms. The fourth-order valence-corrected chi connectivity index (χ4v) is 4.06. The van der Waals surface area contributed by atoms with Crippen LogP contribution in [0.25, 0.3) is 22.7 Å². The molecule has 4 rings (SSSR count). The Kier molecular flexibility index (Phi) is 4.75. The van der Waals surface area contributed by atoms with Crippen molar-refractivity contribution in [2.75, 3.05) is 36.6 Å². The predicted molar refractivity (Wildman–Crippen MR) is 104 cm³/mol. The van der Waals surface area contributed by atoms with Crippen molar-refractivity contribution in [2.24, 2.45) is 0 Å². The van der Waals surface area contributed by atoms with Gasteiger partial charge in [-0.05, 0) is 36.4 Å². The molecule has 0 spiro atoms. The van der Waals surface area contributed by atoms with E-state index in [0.717, 1.165) is 52.9 Å². The van der Waals surface area contributed by atoms with E-state index < -0.39 is 10.8 Å². The number of benzene rings is 2. The Morgan fingerprint density at radius 3 is 2.31 bits per heavy atom. The van der Waals surface area contributed by atoms with Crippen LogP contribution >= 0.6 is 0 Å². The maximum absolute atomic E-state index is 11.5. The van der Waals surface area contributed by atoms with Gasteiger partial charge in [-0.1, -0.05) is 12.1 Å². The van der Waals surface area contributed by atoms with E-state index in [-0.39, 0.29) is 0 Å². The van der Waals surface area contributed by atoms with Crippen molar-refractivity contribution >= 4 is 16.5 Å². The lowest BCUT2D eigenvalue weighted by Crippen LogP contribution is -2.37. The Morgan fingerprint density at radius 2 is 1.65 bits per heavy atom. The fraction of sp³-hybridized carbons (Fsp3) is 0.250. The number of rotatable bonds is 4. The second-order valence-electron chi connectivity index (χ2n) is 6.15. The summed E-state index contributed by atoms with van der Waals surface area (Å²) in [5, 5.41) is 0. The Morgan fingerprint density at radius 1 is 1.00 bits per heavy atom. The summed E-state index contributed by atoms with van der Waals surface area (Å²) in [6.45, 7) is 1.69. The van der Waals surface area contributed by atoms with Crippen LogP contribution in [0.2, 0.25) is 0 Å². The summed E-state index contributed by atoms with van der Waals surface area (Å²) in [6.07, 6.45) is 1.68. The number of anilines is 1. The highest BCUT2D eigenvalue weighted by molar-refractivity contribution is 7.85. The van der Waals surface area contributed by atoms with Crippen LogP contribution in [-0.2, 0) is 10.8 Å². The summed E-state index contributed by atoms with van der Waals surface area (Å²) in [5.74, 6) is 2.88. The van der Waals surface area contributed by atoms with E-state index in [1.54, 1.807) is 13.4 Å². The van der Waals surface area contributed by atoms with E-state index in [4.69, 9.17) is 9.15 Å². The van der Waals surface area contributed by atoms with Gasteiger partial charge < -0.3 is 14.1 Å². The normalized spacial score (nSPS) is 15.2. The van der Waals surface area contributed by atoms with E-state index in [1.165, 1.54) is 0 Å². The maximum Gasteiger partial charge on any atom is 0.226 e. The highest BCUT2D eigenvalue weighted by Crippen LogP contribution is 2.27. The summed E-state index contributed by atoms with van der Waals surface area (Å²) in [4.78, 5) is 6.87. The quantitative estimate of drug-likeness (QED) is 0.704. The highest BCUT2D eigenvalue weighted by atomic mass is 32.2. The molecule has 0 atom stereocenters.